The van der Waals surface area contributed by atoms with Gasteiger partial charge in [-0.2, -0.15) is 0 Å². The zero-order valence-corrected chi connectivity index (χ0v) is 11.9. The molecule has 0 atom stereocenters. The molecule has 0 radical (unpaired) electrons. The van der Waals surface area contributed by atoms with Crippen LogP contribution in [0.3, 0.4) is 0 Å². The number of carbonyl (C=O) groups excluding carboxylic acids is 1. The maximum Gasteiger partial charge on any atom is 0.244 e. The van der Waals surface area contributed by atoms with E-state index in [1.807, 2.05) is 0 Å². The predicted molar refractivity (Wildman–Crippen MR) is 71.5 cm³/mol. The Morgan fingerprint density at radius 3 is 1.95 bits per heavy atom. The summed E-state index contributed by atoms with van der Waals surface area (Å²) in [6.07, 6.45) is 0. The van der Waals surface area contributed by atoms with Crippen LogP contribution in [-0.2, 0) is 10.2 Å². The molecule has 0 saturated carbocycles. The number of methoxy groups -OCH3 is 3. The van der Waals surface area contributed by atoms with Crippen molar-refractivity contribution in [1.29, 1.82) is 0 Å². The first-order chi connectivity index (χ1) is 8.92. The zero-order valence-electron chi connectivity index (χ0n) is 11.9. The Morgan fingerprint density at radius 2 is 1.53 bits per heavy atom. The third-order valence-corrected chi connectivity index (χ3v) is 3.08. The molecule has 0 unspecified atom stereocenters. The molecule has 6 nitrogen and oxygen atoms in total. The van der Waals surface area contributed by atoms with Crippen molar-refractivity contribution < 1.29 is 19.0 Å². The van der Waals surface area contributed by atoms with Gasteiger partial charge in [0.1, 0.15) is 5.75 Å². The zero-order chi connectivity index (χ0) is 14.6. The number of nitrogens with one attached hydrogen (secondary N) is 1. The second-order valence-electron chi connectivity index (χ2n) is 4.51. The summed E-state index contributed by atoms with van der Waals surface area (Å²) in [6.45, 7) is 3.50. The Bertz CT molecular complexity index is 472. The van der Waals surface area contributed by atoms with Crippen molar-refractivity contribution in [1.82, 2.24) is 5.43 Å². The largest absolute Gasteiger partial charge is 0.496 e. The topological polar surface area (TPSA) is 82.8 Å². The number of benzene rings is 1. The Balaban J connectivity index is 3.45. The summed E-state index contributed by atoms with van der Waals surface area (Å²) in [7, 11) is 4.60. The van der Waals surface area contributed by atoms with Gasteiger partial charge in [-0.15, -0.1) is 0 Å². The molecule has 106 valence electrons. The summed E-state index contributed by atoms with van der Waals surface area (Å²) in [5.74, 6) is 6.49. The monoisotopic (exact) mass is 268 g/mol. The molecule has 0 aliphatic heterocycles. The molecule has 1 aromatic rings. The maximum absolute atomic E-state index is 11.9. The van der Waals surface area contributed by atoms with Crippen LogP contribution in [0.2, 0.25) is 0 Å². The number of hydrogen-bond donors (Lipinski definition) is 2. The van der Waals surface area contributed by atoms with E-state index in [2.05, 4.69) is 5.43 Å². The number of nitrogens with two attached hydrogens (primary N) is 1. The molecule has 0 aliphatic carbocycles. The third-order valence-electron chi connectivity index (χ3n) is 3.08. The van der Waals surface area contributed by atoms with E-state index in [-0.39, 0.29) is 5.91 Å². The van der Waals surface area contributed by atoms with E-state index in [1.165, 1.54) is 21.3 Å². The van der Waals surface area contributed by atoms with Crippen LogP contribution in [0.4, 0.5) is 0 Å². The molecule has 6 heteroatoms. The van der Waals surface area contributed by atoms with Crippen LogP contribution in [0.1, 0.15) is 19.4 Å². The van der Waals surface area contributed by atoms with E-state index in [4.69, 9.17) is 20.1 Å². The smallest absolute Gasteiger partial charge is 0.244 e. The van der Waals surface area contributed by atoms with Gasteiger partial charge in [-0.05, 0) is 19.9 Å². The Hall–Kier alpha value is -1.95. The SMILES string of the molecule is COc1cc(OC)c(C(C)(C)C(=O)NN)cc1OC. The highest BCUT2D eigenvalue weighted by Gasteiger charge is 2.33. The lowest BCUT2D eigenvalue weighted by atomic mass is 9.83. The van der Waals surface area contributed by atoms with Gasteiger partial charge in [-0.25, -0.2) is 5.84 Å². The highest BCUT2D eigenvalue weighted by atomic mass is 16.5. The van der Waals surface area contributed by atoms with E-state index in [0.717, 1.165) is 0 Å². The Morgan fingerprint density at radius 1 is 1.05 bits per heavy atom. The molecule has 0 fully saturated rings. The first-order valence-electron chi connectivity index (χ1n) is 5.73. The molecule has 3 N–H and O–H groups in total. The number of amides is 1. The van der Waals surface area contributed by atoms with Crippen LogP contribution < -0.4 is 25.5 Å². The minimum atomic E-state index is -0.861. The van der Waals surface area contributed by atoms with E-state index < -0.39 is 5.41 Å². The van der Waals surface area contributed by atoms with Crippen LogP contribution in [0, 0.1) is 0 Å². The average Bonchev–Trinajstić information content (AvgIpc) is 2.44. The maximum atomic E-state index is 11.9. The van der Waals surface area contributed by atoms with Crippen LogP contribution in [0.5, 0.6) is 17.2 Å². The van der Waals surface area contributed by atoms with Crippen LogP contribution in [-0.4, -0.2) is 27.2 Å². The van der Waals surface area contributed by atoms with Crippen molar-refractivity contribution in [2.24, 2.45) is 5.84 Å². The Kier molecular flexibility index (Phi) is 4.61. The first kappa shape index (κ1) is 15.1. The number of hydrazine groups is 1. The van der Waals surface area contributed by atoms with Crippen molar-refractivity contribution in [3.63, 3.8) is 0 Å². The van der Waals surface area contributed by atoms with E-state index in [9.17, 15) is 4.79 Å². The Labute approximate surface area is 112 Å². The molecule has 0 spiro atoms. The van der Waals surface area contributed by atoms with Gasteiger partial charge in [0.2, 0.25) is 5.91 Å². The molecular formula is C13H20N2O4. The van der Waals surface area contributed by atoms with Gasteiger partial charge in [0.05, 0.1) is 26.7 Å². The van der Waals surface area contributed by atoms with Crippen molar-refractivity contribution in [3.05, 3.63) is 17.7 Å². The normalized spacial score (nSPS) is 10.8. The summed E-state index contributed by atoms with van der Waals surface area (Å²) in [5, 5.41) is 0. The summed E-state index contributed by atoms with van der Waals surface area (Å²) < 4.78 is 15.8. The minimum Gasteiger partial charge on any atom is -0.496 e. The van der Waals surface area contributed by atoms with Gasteiger partial charge in [0.15, 0.2) is 11.5 Å². The molecule has 0 aliphatic rings. The first-order valence-corrected chi connectivity index (χ1v) is 5.73. The molecule has 0 heterocycles. The highest BCUT2D eigenvalue weighted by molar-refractivity contribution is 5.88. The highest BCUT2D eigenvalue weighted by Crippen LogP contribution is 2.40. The van der Waals surface area contributed by atoms with Gasteiger partial charge in [0.25, 0.3) is 0 Å². The molecular weight excluding hydrogens is 248 g/mol. The summed E-state index contributed by atoms with van der Waals surface area (Å²) in [5.41, 5.74) is 1.96. The molecule has 0 aromatic heterocycles. The summed E-state index contributed by atoms with van der Waals surface area (Å²) in [4.78, 5) is 11.9. The van der Waals surface area contributed by atoms with E-state index in [1.54, 1.807) is 26.0 Å². The van der Waals surface area contributed by atoms with Crippen LogP contribution in [0.25, 0.3) is 0 Å². The fourth-order valence-electron chi connectivity index (χ4n) is 1.82. The summed E-state index contributed by atoms with van der Waals surface area (Å²) in [6, 6.07) is 3.40. The molecule has 1 aromatic carbocycles. The van der Waals surface area contributed by atoms with Gasteiger partial charge in [-0.3, -0.25) is 10.2 Å². The van der Waals surface area contributed by atoms with E-state index in [0.29, 0.717) is 22.8 Å². The fourth-order valence-corrected chi connectivity index (χ4v) is 1.82. The number of rotatable bonds is 5. The average molecular weight is 268 g/mol. The second-order valence-corrected chi connectivity index (χ2v) is 4.51. The lowest BCUT2D eigenvalue weighted by molar-refractivity contribution is -0.125. The molecule has 0 bridgehead atoms. The van der Waals surface area contributed by atoms with Gasteiger partial charge in [0, 0.05) is 11.6 Å². The lowest BCUT2D eigenvalue weighted by Gasteiger charge is -2.26. The van der Waals surface area contributed by atoms with Gasteiger partial charge >= 0.3 is 0 Å². The third kappa shape index (κ3) is 2.73. The van der Waals surface area contributed by atoms with Crippen molar-refractivity contribution in [2.75, 3.05) is 21.3 Å². The molecule has 19 heavy (non-hydrogen) atoms. The van der Waals surface area contributed by atoms with Crippen LogP contribution >= 0.6 is 0 Å². The molecule has 1 amide bonds. The van der Waals surface area contributed by atoms with Crippen LogP contribution in [0.15, 0.2) is 12.1 Å². The van der Waals surface area contributed by atoms with Gasteiger partial charge < -0.3 is 14.2 Å². The van der Waals surface area contributed by atoms with Crippen molar-refractivity contribution in [3.8, 4) is 17.2 Å². The predicted octanol–water partition coefficient (Wildman–Crippen LogP) is 0.980. The van der Waals surface area contributed by atoms with E-state index >= 15 is 0 Å². The lowest BCUT2D eigenvalue weighted by Crippen LogP contribution is -2.43. The molecule has 0 saturated heterocycles. The fraction of sp³-hybridized carbons (Fsp3) is 0.462. The van der Waals surface area contributed by atoms with Gasteiger partial charge in [-0.1, -0.05) is 0 Å². The summed E-state index contributed by atoms with van der Waals surface area (Å²) >= 11 is 0. The molecule has 1 rings (SSSR count). The minimum absolute atomic E-state index is 0.321. The van der Waals surface area contributed by atoms with Crippen molar-refractivity contribution >= 4 is 5.91 Å². The number of hydrogen-bond acceptors (Lipinski definition) is 5. The van der Waals surface area contributed by atoms with Crippen molar-refractivity contribution in [2.45, 2.75) is 19.3 Å². The second kappa shape index (κ2) is 5.79. The quantitative estimate of drug-likeness (QED) is 0.472. The number of carbonyl (C=O) groups is 1. The number of ether oxygens (including phenoxy) is 3. The standard InChI is InChI=1S/C13H20N2O4/c1-13(2,12(16)15-14)8-6-10(18-4)11(19-5)7-9(8)17-3/h6-7H,14H2,1-5H3,(H,15,16).